The third-order valence-corrected chi connectivity index (χ3v) is 7.59. The molecule has 0 unspecified atom stereocenters. The van der Waals surface area contributed by atoms with Gasteiger partial charge in [-0.1, -0.05) is 20.8 Å². The number of anilines is 1. The van der Waals surface area contributed by atoms with Crippen LogP contribution < -0.4 is 15.3 Å². The number of halogens is 2. The average molecular weight is 566 g/mol. The van der Waals surface area contributed by atoms with Crippen LogP contribution in [-0.4, -0.2) is 61.4 Å². The molecule has 0 amide bonds. The van der Waals surface area contributed by atoms with E-state index < -0.39 is 12.0 Å². The number of morpholine rings is 1. The summed E-state index contributed by atoms with van der Waals surface area (Å²) in [4.78, 5) is 20.3. The highest BCUT2D eigenvalue weighted by molar-refractivity contribution is 5.94. The van der Waals surface area contributed by atoms with Crippen molar-refractivity contribution in [3.63, 3.8) is 0 Å². The number of rotatable bonds is 5. The highest BCUT2D eigenvalue weighted by Gasteiger charge is 2.28. The van der Waals surface area contributed by atoms with Gasteiger partial charge in [-0.3, -0.25) is 18.4 Å². The number of ether oxygens (including phenoxy) is 2. The maximum absolute atomic E-state index is 13.6. The van der Waals surface area contributed by atoms with E-state index in [1.165, 1.54) is 0 Å². The standard InChI is InChI=1S/C29H33F2N7O3/c1-29(2,3)26-33-20-13-19(17-15-32-34(4)16-17)24(41-27(30)31)14-21(20)38(26)18-11-22-25(36(6)28(39)35(22)5)23(12-18)37-7-9-40-10-8-37/h11-16,27H,7-10H2,1-6H3. The highest BCUT2D eigenvalue weighted by atomic mass is 19.3. The van der Waals surface area contributed by atoms with Gasteiger partial charge < -0.3 is 14.4 Å². The van der Waals surface area contributed by atoms with Crippen LogP contribution in [0.3, 0.4) is 0 Å². The van der Waals surface area contributed by atoms with E-state index in [9.17, 15) is 13.6 Å². The summed E-state index contributed by atoms with van der Waals surface area (Å²) in [5.41, 5.74) is 5.08. The van der Waals surface area contributed by atoms with Gasteiger partial charge in [0.1, 0.15) is 11.6 Å². The topological polar surface area (TPSA) is 84.3 Å². The minimum Gasteiger partial charge on any atom is -0.434 e. The zero-order chi connectivity index (χ0) is 29.2. The number of aromatic nitrogens is 6. The number of hydrogen-bond acceptors (Lipinski definition) is 6. The lowest BCUT2D eigenvalue weighted by atomic mass is 9.95. The Morgan fingerprint density at radius 1 is 1.00 bits per heavy atom. The van der Waals surface area contributed by atoms with Crippen molar-refractivity contribution < 1.29 is 18.3 Å². The number of imidazole rings is 2. The second-order valence-electron chi connectivity index (χ2n) is 11.5. The molecule has 1 aliphatic rings. The monoisotopic (exact) mass is 565 g/mol. The normalized spacial score (nSPS) is 14.6. The predicted molar refractivity (Wildman–Crippen MR) is 153 cm³/mol. The van der Waals surface area contributed by atoms with Gasteiger partial charge in [-0.2, -0.15) is 13.9 Å². The van der Waals surface area contributed by atoms with E-state index in [4.69, 9.17) is 14.5 Å². The van der Waals surface area contributed by atoms with E-state index in [2.05, 4.69) is 30.8 Å². The quantitative estimate of drug-likeness (QED) is 0.315. The molecule has 0 N–H and O–H groups in total. The lowest BCUT2D eigenvalue weighted by molar-refractivity contribution is -0.0493. The zero-order valence-electron chi connectivity index (χ0n) is 24.0. The molecule has 41 heavy (non-hydrogen) atoms. The second-order valence-corrected chi connectivity index (χ2v) is 11.5. The molecule has 6 rings (SSSR count). The molecule has 10 nitrogen and oxygen atoms in total. The maximum atomic E-state index is 13.6. The fraction of sp³-hybridized carbons (Fsp3) is 0.414. The Bertz CT molecular complexity index is 1840. The zero-order valence-corrected chi connectivity index (χ0v) is 24.0. The summed E-state index contributed by atoms with van der Waals surface area (Å²) in [6.07, 6.45) is 3.36. The molecule has 0 saturated carbocycles. The van der Waals surface area contributed by atoms with Crippen molar-refractivity contribution in [2.24, 2.45) is 21.1 Å². The van der Waals surface area contributed by atoms with Gasteiger partial charge in [0.15, 0.2) is 0 Å². The average Bonchev–Trinajstić information content (AvgIpc) is 3.59. The van der Waals surface area contributed by atoms with E-state index in [0.29, 0.717) is 48.5 Å². The van der Waals surface area contributed by atoms with Crippen LogP contribution in [0.25, 0.3) is 38.9 Å². The molecule has 5 aromatic rings. The van der Waals surface area contributed by atoms with Gasteiger partial charge in [0.05, 0.1) is 52.9 Å². The third kappa shape index (κ3) is 4.55. The largest absolute Gasteiger partial charge is 0.434 e. The Kier molecular flexibility index (Phi) is 6.40. The van der Waals surface area contributed by atoms with E-state index >= 15 is 0 Å². The van der Waals surface area contributed by atoms with Gasteiger partial charge in [-0.25, -0.2) is 9.78 Å². The molecule has 1 aliphatic heterocycles. The molecule has 0 radical (unpaired) electrons. The number of benzene rings is 2. The van der Waals surface area contributed by atoms with Crippen molar-refractivity contribution in [2.75, 3.05) is 31.2 Å². The smallest absolute Gasteiger partial charge is 0.387 e. The summed E-state index contributed by atoms with van der Waals surface area (Å²) < 4.78 is 44.8. The highest BCUT2D eigenvalue weighted by Crippen LogP contribution is 2.40. The number of hydrogen-bond donors (Lipinski definition) is 0. The van der Waals surface area contributed by atoms with Crippen molar-refractivity contribution in [2.45, 2.75) is 32.8 Å². The minimum atomic E-state index is -3.01. The fourth-order valence-corrected chi connectivity index (χ4v) is 5.64. The molecule has 0 bridgehead atoms. The van der Waals surface area contributed by atoms with Gasteiger partial charge in [0.2, 0.25) is 0 Å². The van der Waals surface area contributed by atoms with Crippen LogP contribution in [0.15, 0.2) is 41.5 Å². The molecule has 0 spiro atoms. The molecular weight excluding hydrogens is 532 g/mol. The van der Waals surface area contributed by atoms with Gasteiger partial charge in [0.25, 0.3) is 0 Å². The summed E-state index contributed by atoms with van der Waals surface area (Å²) in [5, 5.41) is 4.21. The Morgan fingerprint density at radius 3 is 2.37 bits per heavy atom. The first-order valence-electron chi connectivity index (χ1n) is 13.5. The summed E-state index contributed by atoms with van der Waals surface area (Å²) in [5.74, 6) is 0.774. The fourth-order valence-electron chi connectivity index (χ4n) is 5.64. The first-order chi connectivity index (χ1) is 19.4. The molecule has 0 atom stereocenters. The van der Waals surface area contributed by atoms with Crippen LogP contribution in [0, 0.1) is 0 Å². The SMILES string of the molecule is Cn1cc(-c2cc3nc(C(C)(C)C)n(-c4cc(N5CCOCC5)c5c(c4)n(C)c(=O)n5C)c3cc2OC(F)F)cn1. The number of aryl methyl sites for hydroxylation is 3. The van der Waals surface area contributed by atoms with Crippen molar-refractivity contribution in [1.29, 1.82) is 0 Å². The van der Waals surface area contributed by atoms with Crippen LogP contribution in [0.4, 0.5) is 14.5 Å². The molecule has 1 saturated heterocycles. The maximum Gasteiger partial charge on any atom is 0.387 e. The molecular formula is C29H33F2N7O3. The van der Waals surface area contributed by atoms with Crippen LogP contribution >= 0.6 is 0 Å². The van der Waals surface area contributed by atoms with Gasteiger partial charge in [-0.05, 0) is 18.2 Å². The first-order valence-corrected chi connectivity index (χ1v) is 13.5. The lowest BCUT2D eigenvalue weighted by Gasteiger charge is -2.30. The Balaban J connectivity index is 1.68. The third-order valence-electron chi connectivity index (χ3n) is 7.59. The number of nitrogens with zero attached hydrogens (tertiary/aromatic N) is 7. The van der Waals surface area contributed by atoms with E-state index in [-0.39, 0.29) is 11.4 Å². The van der Waals surface area contributed by atoms with E-state index in [1.54, 1.807) is 59.5 Å². The summed E-state index contributed by atoms with van der Waals surface area (Å²) in [6, 6.07) is 7.40. The molecule has 12 heteroatoms. The van der Waals surface area contributed by atoms with Crippen LogP contribution in [0.1, 0.15) is 26.6 Å². The second kappa shape index (κ2) is 9.72. The summed E-state index contributed by atoms with van der Waals surface area (Å²) >= 11 is 0. The van der Waals surface area contributed by atoms with Crippen molar-refractivity contribution in [3.05, 3.63) is 53.0 Å². The summed E-state index contributed by atoms with van der Waals surface area (Å²) in [7, 11) is 5.29. The lowest BCUT2D eigenvalue weighted by Crippen LogP contribution is -2.36. The van der Waals surface area contributed by atoms with Gasteiger partial charge in [0, 0.05) is 63.0 Å². The molecule has 216 valence electrons. The first kappa shape index (κ1) is 27.0. The predicted octanol–water partition coefficient (Wildman–Crippen LogP) is 4.35. The van der Waals surface area contributed by atoms with Crippen molar-refractivity contribution in [3.8, 4) is 22.6 Å². The molecule has 3 aromatic heterocycles. The van der Waals surface area contributed by atoms with E-state index in [1.807, 2.05) is 16.7 Å². The molecule has 4 heterocycles. The van der Waals surface area contributed by atoms with Gasteiger partial charge in [-0.15, -0.1) is 0 Å². The summed E-state index contributed by atoms with van der Waals surface area (Å²) in [6.45, 7) is 5.69. The van der Waals surface area contributed by atoms with Crippen molar-refractivity contribution in [1.82, 2.24) is 28.5 Å². The van der Waals surface area contributed by atoms with Gasteiger partial charge >= 0.3 is 12.3 Å². The van der Waals surface area contributed by atoms with Crippen molar-refractivity contribution >= 4 is 27.8 Å². The molecule has 0 aliphatic carbocycles. The number of alkyl halides is 2. The Hall–Kier alpha value is -4.19. The van der Waals surface area contributed by atoms with Crippen LogP contribution in [-0.2, 0) is 31.3 Å². The van der Waals surface area contributed by atoms with E-state index in [0.717, 1.165) is 28.2 Å². The molecule has 1 fully saturated rings. The Labute approximate surface area is 235 Å². The van der Waals surface area contributed by atoms with Crippen LogP contribution in [0.5, 0.6) is 5.75 Å². The Morgan fingerprint density at radius 2 is 1.73 bits per heavy atom. The number of fused-ring (bicyclic) bond motifs is 2. The van der Waals surface area contributed by atoms with Crippen LogP contribution in [0.2, 0.25) is 0 Å². The minimum absolute atomic E-state index is 0.0312. The molecule has 2 aromatic carbocycles.